The Morgan fingerprint density at radius 3 is 2.65 bits per heavy atom. The molecule has 1 atom stereocenters. The number of halogens is 3. The van der Waals surface area contributed by atoms with Crippen LogP contribution in [0.1, 0.15) is 31.2 Å². The number of hydrogen-bond acceptors (Lipinski definition) is 3. The van der Waals surface area contributed by atoms with Crippen LogP contribution < -0.4 is 0 Å². The van der Waals surface area contributed by atoms with E-state index in [-0.39, 0.29) is 12.3 Å². The van der Waals surface area contributed by atoms with Gasteiger partial charge >= 0.3 is 6.18 Å². The van der Waals surface area contributed by atoms with Crippen LogP contribution in [0.5, 0.6) is 0 Å². The summed E-state index contributed by atoms with van der Waals surface area (Å²) >= 11 is 0. The quantitative estimate of drug-likeness (QED) is 0.837. The van der Waals surface area contributed by atoms with Crippen LogP contribution in [-0.4, -0.2) is 34.7 Å². The van der Waals surface area contributed by atoms with Gasteiger partial charge in [-0.1, -0.05) is 5.16 Å². The summed E-state index contributed by atoms with van der Waals surface area (Å²) in [6.45, 7) is 2.14. The van der Waals surface area contributed by atoms with Crippen molar-refractivity contribution in [1.82, 2.24) is 10.1 Å². The zero-order valence-electron chi connectivity index (χ0n) is 11.4. The minimum atomic E-state index is -4.39. The second kappa shape index (κ2) is 5.46. The van der Waals surface area contributed by atoms with Crippen molar-refractivity contribution in [2.24, 2.45) is 5.92 Å². The van der Waals surface area contributed by atoms with Crippen molar-refractivity contribution in [2.75, 3.05) is 6.54 Å². The van der Waals surface area contributed by atoms with E-state index >= 15 is 0 Å². The predicted molar refractivity (Wildman–Crippen MR) is 64.9 cm³/mol. The fraction of sp³-hybridized carbons (Fsp3) is 0.692. The van der Waals surface area contributed by atoms with E-state index in [0.29, 0.717) is 11.5 Å². The number of alkyl halides is 3. The number of carbonyl (C=O) groups is 1. The van der Waals surface area contributed by atoms with E-state index in [2.05, 4.69) is 5.16 Å². The average molecular weight is 290 g/mol. The normalized spacial score (nSPS) is 17.1. The third kappa shape index (κ3) is 3.98. The van der Waals surface area contributed by atoms with Gasteiger partial charge in [0.05, 0.1) is 12.1 Å². The average Bonchev–Trinajstić information content (AvgIpc) is 3.09. The third-order valence-electron chi connectivity index (χ3n) is 3.47. The Morgan fingerprint density at radius 1 is 1.55 bits per heavy atom. The fourth-order valence-electron chi connectivity index (χ4n) is 2.24. The van der Waals surface area contributed by atoms with Crippen LogP contribution in [0.15, 0.2) is 10.6 Å². The van der Waals surface area contributed by atoms with Crippen molar-refractivity contribution in [1.29, 1.82) is 0 Å². The summed E-state index contributed by atoms with van der Waals surface area (Å²) in [4.78, 5) is 13.0. The van der Waals surface area contributed by atoms with E-state index in [9.17, 15) is 18.0 Å². The molecular weight excluding hydrogens is 273 g/mol. The van der Waals surface area contributed by atoms with Crippen LogP contribution in [-0.2, 0) is 11.2 Å². The molecular formula is C13H17F3N2O2. The van der Waals surface area contributed by atoms with Crippen LogP contribution in [0.25, 0.3) is 0 Å². The van der Waals surface area contributed by atoms with E-state index in [0.717, 1.165) is 17.7 Å². The molecule has 0 spiro atoms. The lowest BCUT2D eigenvalue weighted by Gasteiger charge is -2.30. The van der Waals surface area contributed by atoms with Crippen LogP contribution in [0.3, 0.4) is 0 Å². The first-order valence-electron chi connectivity index (χ1n) is 6.54. The second-order valence-corrected chi connectivity index (χ2v) is 5.32. The Bertz CT molecular complexity index is 480. The van der Waals surface area contributed by atoms with Gasteiger partial charge in [-0.2, -0.15) is 13.2 Å². The van der Waals surface area contributed by atoms with Gasteiger partial charge in [-0.05, 0) is 32.6 Å². The monoisotopic (exact) mass is 290 g/mol. The lowest BCUT2D eigenvalue weighted by molar-refractivity contribution is -0.165. The summed E-state index contributed by atoms with van der Waals surface area (Å²) < 4.78 is 42.7. The van der Waals surface area contributed by atoms with Crippen LogP contribution in [0.4, 0.5) is 13.2 Å². The van der Waals surface area contributed by atoms with Gasteiger partial charge in [0.25, 0.3) is 0 Å². The summed E-state index contributed by atoms with van der Waals surface area (Å²) in [6, 6.07) is 1.17. The highest BCUT2D eigenvalue weighted by Gasteiger charge is 2.40. The van der Waals surface area contributed by atoms with Crippen LogP contribution >= 0.6 is 0 Å². The van der Waals surface area contributed by atoms with Gasteiger partial charge in [-0.3, -0.25) is 4.79 Å². The topological polar surface area (TPSA) is 46.3 Å². The molecule has 1 unspecified atom stereocenters. The van der Waals surface area contributed by atoms with Crippen molar-refractivity contribution >= 4 is 5.91 Å². The molecule has 1 heterocycles. The molecule has 0 saturated heterocycles. The Morgan fingerprint density at radius 2 is 2.20 bits per heavy atom. The molecule has 7 heteroatoms. The molecule has 1 fully saturated rings. The first-order chi connectivity index (χ1) is 9.26. The van der Waals surface area contributed by atoms with Crippen molar-refractivity contribution in [3.8, 4) is 0 Å². The lowest BCUT2D eigenvalue weighted by atomic mass is 10.1. The van der Waals surface area contributed by atoms with Crippen molar-refractivity contribution in [3.63, 3.8) is 0 Å². The number of carbonyl (C=O) groups excluding carboxylic acids is 1. The summed E-state index contributed by atoms with van der Waals surface area (Å²) in [7, 11) is 0. The largest absolute Gasteiger partial charge is 0.406 e. The molecule has 0 bridgehead atoms. The first kappa shape index (κ1) is 14.9. The number of nitrogens with zero attached hydrogens (tertiary/aromatic N) is 2. The summed E-state index contributed by atoms with van der Waals surface area (Å²) in [6.07, 6.45) is -2.79. The Balaban J connectivity index is 2.06. The highest BCUT2D eigenvalue weighted by molar-refractivity contribution is 5.78. The van der Waals surface area contributed by atoms with Crippen molar-refractivity contribution < 1.29 is 22.5 Å². The minimum absolute atomic E-state index is 0.162. The SMILES string of the molecule is Cc1cc(CC(=O)N(CC(F)(F)F)C(C)C2CC2)no1. The molecule has 0 aliphatic heterocycles. The minimum Gasteiger partial charge on any atom is -0.361 e. The molecule has 1 aliphatic carbocycles. The van der Waals surface area contributed by atoms with E-state index in [1.807, 2.05) is 0 Å². The van der Waals surface area contributed by atoms with E-state index < -0.39 is 24.7 Å². The third-order valence-corrected chi connectivity index (χ3v) is 3.47. The number of rotatable bonds is 5. The molecule has 20 heavy (non-hydrogen) atoms. The van der Waals surface area contributed by atoms with Gasteiger partial charge in [0.2, 0.25) is 5.91 Å². The zero-order valence-corrected chi connectivity index (χ0v) is 11.4. The maximum absolute atomic E-state index is 12.6. The van der Waals surface area contributed by atoms with Gasteiger partial charge in [0, 0.05) is 12.1 Å². The summed E-state index contributed by atoms with van der Waals surface area (Å²) in [5.41, 5.74) is 0.364. The Labute approximate surface area is 114 Å². The highest BCUT2D eigenvalue weighted by Crippen LogP contribution is 2.36. The molecule has 1 amide bonds. The highest BCUT2D eigenvalue weighted by atomic mass is 19.4. The number of amides is 1. The predicted octanol–water partition coefficient (Wildman–Crippen LogP) is 2.71. The van der Waals surface area contributed by atoms with Crippen molar-refractivity contribution in [2.45, 2.75) is 45.3 Å². The summed E-state index contributed by atoms with van der Waals surface area (Å²) in [5, 5.41) is 3.65. The molecule has 0 N–H and O–H groups in total. The van der Waals surface area contributed by atoms with Crippen LogP contribution in [0.2, 0.25) is 0 Å². The first-order valence-corrected chi connectivity index (χ1v) is 6.54. The van der Waals surface area contributed by atoms with E-state index in [1.54, 1.807) is 19.9 Å². The maximum atomic E-state index is 12.6. The number of hydrogen-bond donors (Lipinski definition) is 0. The van der Waals surface area contributed by atoms with Gasteiger partial charge in [0.15, 0.2) is 0 Å². The van der Waals surface area contributed by atoms with Gasteiger partial charge in [-0.25, -0.2) is 0 Å². The van der Waals surface area contributed by atoms with E-state index in [1.165, 1.54) is 0 Å². The molecule has 112 valence electrons. The van der Waals surface area contributed by atoms with Crippen LogP contribution in [0, 0.1) is 12.8 Å². The molecule has 0 aromatic carbocycles. The smallest absolute Gasteiger partial charge is 0.361 e. The fourth-order valence-corrected chi connectivity index (χ4v) is 2.24. The molecule has 0 radical (unpaired) electrons. The van der Waals surface area contributed by atoms with Crippen molar-refractivity contribution in [3.05, 3.63) is 17.5 Å². The maximum Gasteiger partial charge on any atom is 0.406 e. The molecule has 1 saturated carbocycles. The zero-order chi connectivity index (χ0) is 14.9. The molecule has 1 aliphatic rings. The van der Waals surface area contributed by atoms with Gasteiger partial charge in [-0.15, -0.1) is 0 Å². The van der Waals surface area contributed by atoms with E-state index in [4.69, 9.17) is 4.52 Å². The second-order valence-electron chi connectivity index (χ2n) is 5.32. The molecule has 1 aromatic rings. The standard InChI is InChI=1S/C13H17F3N2O2/c1-8-5-11(17-20-8)6-12(19)18(7-13(14,15)16)9(2)10-3-4-10/h5,9-10H,3-4,6-7H2,1-2H3. The lowest BCUT2D eigenvalue weighted by Crippen LogP contribution is -2.46. The number of aromatic nitrogens is 1. The Hall–Kier alpha value is -1.53. The molecule has 4 nitrogen and oxygen atoms in total. The Kier molecular flexibility index (Phi) is 4.06. The van der Waals surface area contributed by atoms with Gasteiger partial charge < -0.3 is 9.42 Å². The molecule has 1 aromatic heterocycles. The van der Waals surface area contributed by atoms with Gasteiger partial charge in [0.1, 0.15) is 12.3 Å². The summed E-state index contributed by atoms with van der Waals surface area (Å²) in [5.74, 6) is 0.154. The molecule has 2 rings (SSSR count). The number of aryl methyl sites for hydroxylation is 1.